The van der Waals surface area contributed by atoms with Crippen LogP contribution in [0.3, 0.4) is 0 Å². The molecule has 31 heavy (non-hydrogen) atoms. The molecule has 0 saturated heterocycles. The van der Waals surface area contributed by atoms with E-state index in [0.717, 1.165) is 13.2 Å². The zero-order chi connectivity index (χ0) is 22.9. The van der Waals surface area contributed by atoms with Crippen LogP contribution in [0.2, 0.25) is 8.87 Å². The topological polar surface area (TPSA) is 18.5 Å². The first-order valence-electron chi connectivity index (χ1n) is 14.5. The van der Waals surface area contributed by atoms with Gasteiger partial charge in [0.05, 0.1) is 0 Å². The van der Waals surface area contributed by atoms with Gasteiger partial charge in [-0.15, -0.1) is 0 Å². The van der Waals surface area contributed by atoms with E-state index < -0.39 is 19.2 Å². The predicted octanol–water partition coefficient (Wildman–Crippen LogP) is 10.3. The molecule has 0 bridgehead atoms. The van der Waals surface area contributed by atoms with Crippen molar-refractivity contribution in [2.75, 3.05) is 13.2 Å². The second-order valence-electron chi connectivity index (χ2n) is 9.64. The third-order valence-electron chi connectivity index (χ3n) is 6.64. The molecule has 0 rings (SSSR count). The van der Waals surface area contributed by atoms with Crippen LogP contribution in [-0.2, 0) is 6.15 Å². The summed E-state index contributed by atoms with van der Waals surface area (Å²) in [6, 6.07) is 0. The zero-order valence-corrected chi connectivity index (χ0v) is 25.1. The average Bonchev–Trinajstić information content (AvgIpc) is 2.77. The maximum absolute atomic E-state index is 6.42. The number of rotatable bonds is 26. The van der Waals surface area contributed by atoms with E-state index in [1.807, 2.05) is 0 Å². The van der Waals surface area contributed by atoms with Gasteiger partial charge in [0.15, 0.2) is 0 Å². The van der Waals surface area contributed by atoms with E-state index >= 15 is 0 Å². The molecule has 0 aliphatic rings. The first-order chi connectivity index (χ1) is 15.2. The van der Waals surface area contributed by atoms with Crippen LogP contribution in [0.4, 0.5) is 0 Å². The molecule has 0 saturated carbocycles. The molecule has 0 N–H and O–H groups in total. The summed E-state index contributed by atoms with van der Waals surface area (Å²) in [4.78, 5) is 0. The monoisotopic (exact) mass is 548 g/mol. The molecule has 0 aromatic rings. The first kappa shape index (κ1) is 31.7. The van der Waals surface area contributed by atoms with Crippen molar-refractivity contribution in [1.82, 2.24) is 0 Å². The van der Waals surface area contributed by atoms with Crippen LogP contribution in [0.25, 0.3) is 0 Å². The van der Waals surface area contributed by atoms with Crippen LogP contribution < -0.4 is 0 Å². The summed E-state index contributed by atoms with van der Waals surface area (Å²) in [7, 11) is 0. The molecule has 0 spiro atoms. The van der Waals surface area contributed by atoms with E-state index in [9.17, 15) is 0 Å². The third kappa shape index (κ3) is 21.0. The van der Waals surface area contributed by atoms with Gasteiger partial charge in [-0.2, -0.15) is 0 Å². The summed E-state index contributed by atoms with van der Waals surface area (Å²) in [6.45, 7) is 10.6. The molecule has 0 aliphatic carbocycles. The molecule has 0 fully saturated rings. The maximum atomic E-state index is 6.42. The Kier molecular flexibility index (Phi) is 25.9. The van der Waals surface area contributed by atoms with Crippen LogP contribution in [0.15, 0.2) is 0 Å². The molecular formula is C28H60O2Sn. The van der Waals surface area contributed by atoms with Crippen LogP contribution in [0, 0.1) is 0 Å². The standard InChI is InChI=1S/2C12H25.2C2H5O.Sn/c2*1-3-5-7-9-11-12-10-8-6-4-2;2*1-2-3;/h2*1,3-12H2,2H3;2*2H2,1H3;/q;;2*-1;+2. The predicted molar refractivity (Wildman–Crippen MR) is 142 cm³/mol. The summed E-state index contributed by atoms with van der Waals surface area (Å²) < 4.78 is 15.4. The Balaban J connectivity index is 3.92. The van der Waals surface area contributed by atoms with Crippen molar-refractivity contribution >= 4 is 19.2 Å². The molecule has 0 radical (unpaired) electrons. The SMILES string of the molecule is CCCCCCCCCCC[CH2][Sn]([CH2]CCCCCCCCCCC)([O]CC)[O]CC. The second-order valence-corrected chi connectivity index (χ2v) is 19.3. The molecule has 188 valence electrons. The number of unbranched alkanes of at least 4 members (excludes halogenated alkanes) is 18. The van der Waals surface area contributed by atoms with Gasteiger partial charge in [-0.25, -0.2) is 0 Å². The van der Waals surface area contributed by atoms with E-state index in [1.165, 1.54) is 137 Å². The Hall–Kier alpha value is 0.719. The third-order valence-corrected chi connectivity index (χ3v) is 17.7. The van der Waals surface area contributed by atoms with Gasteiger partial charge in [-0.3, -0.25) is 0 Å². The molecule has 0 heterocycles. The molecule has 0 aromatic heterocycles. The fourth-order valence-electron chi connectivity index (χ4n) is 4.74. The van der Waals surface area contributed by atoms with Crippen molar-refractivity contribution in [3.8, 4) is 0 Å². The van der Waals surface area contributed by atoms with Crippen molar-refractivity contribution in [2.45, 2.75) is 165 Å². The first-order valence-corrected chi connectivity index (χ1v) is 20.9. The number of hydrogen-bond donors (Lipinski definition) is 0. The van der Waals surface area contributed by atoms with E-state index in [4.69, 9.17) is 6.15 Å². The second kappa shape index (κ2) is 25.3. The summed E-state index contributed by atoms with van der Waals surface area (Å²) in [5, 5.41) is 0. The van der Waals surface area contributed by atoms with Crippen LogP contribution in [0.5, 0.6) is 0 Å². The molecule has 0 amide bonds. The van der Waals surface area contributed by atoms with Crippen LogP contribution in [0.1, 0.15) is 156 Å². The van der Waals surface area contributed by atoms with E-state index in [0.29, 0.717) is 0 Å². The van der Waals surface area contributed by atoms with Gasteiger partial charge >= 0.3 is 204 Å². The van der Waals surface area contributed by atoms with Gasteiger partial charge in [-0.1, -0.05) is 0 Å². The van der Waals surface area contributed by atoms with Crippen molar-refractivity contribution in [2.24, 2.45) is 0 Å². The summed E-state index contributed by atoms with van der Waals surface area (Å²) >= 11 is -2.83. The Morgan fingerprint density at radius 2 is 0.613 bits per heavy atom. The minimum atomic E-state index is -2.83. The fraction of sp³-hybridized carbons (Fsp3) is 1.00. The minimum absolute atomic E-state index is 0.853. The summed E-state index contributed by atoms with van der Waals surface area (Å²) in [5.41, 5.74) is 0. The van der Waals surface area contributed by atoms with Crippen LogP contribution >= 0.6 is 0 Å². The summed E-state index contributed by atoms with van der Waals surface area (Å²) in [6.07, 6.45) is 28.2. The van der Waals surface area contributed by atoms with Gasteiger partial charge in [0, 0.05) is 0 Å². The van der Waals surface area contributed by atoms with Crippen LogP contribution in [-0.4, -0.2) is 32.4 Å². The van der Waals surface area contributed by atoms with E-state index in [1.54, 1.807) is 0 Å². The van der Waals surface area contributed by atoms with Gasteiger partial charge in [0.2, 0.25) is 0 Å². The van der Waals surface area contributed by atoms with Crippen molar-refractivity contribution in [1.29, 1.82) is 0 Å². The quantitative estimate of drug-likeness (QED) is 0.0792. The van der Waals surface area contributed by atoms with Gasteiger partial charge in [0.1, 0.15) is 0 Å². The molecule has 0 aromatic carbocycles. The normalized spacial score (nSPS) is 12.0. The Morgan fingerprint density at radius 3 is 0.871 bits per heavy atom. The molecule has 2 nitrogen and oxygen atoms in total. The molecule has 3 heteroatoms. The molecule has 0 aliphatic heterocycles. The van der Waals surface area contributed by atoms with Gasteiger partial charge in [-0.05, 0) is 0 Å². The molecule has 0 unspecified atom stereocenters. The van der Waals surface area contributed by atoms with Gasteiger partial charge in [0.25, 0.3) is 0 Å². The van der Waals surface area contributed by atoms with E-state index in [-0.39, 0.29) is 0 Å². The summed E-state index contributed by atoms with van der Waals surface area (Å²) in [5.74, 6) is 0. The van der Waals surface area contributed by atoms with Crippen molar-refractivity contribution in [3.05, 3.63) is 0 Å². The van der Waals surface area contributed by atoms with Crippen molar-refractivity contribution < 1.29 is 6.15 Å². The number of hydrogen-bond acceptors (Lipinski definition) is 2. The fourth-order valence-corrected chi connectivity index (χ4v) is 14.8. The zero-order valence-electron chi connectivity index (χ0n) is 22.3. The Morgan fingerprint density at radius 1 is 0.355 bits per heavy atom. The van der Waals surface area contributed by atoms with Crippen molar-refractivity contribution in [3.63, 3.8) is 0 Å². The van der Waals surface area contributed by atoms with Gasteiger partial charge < -0.3 is 0 Å². The molecular weight excluding hydrogens is 487 g/mol. The van der Waals surface area contributed by atoms with E-state index in [2.05, 4.69) is 27.7 Å². The Labute approximate surface area is 203 Å². The Bertz CT molecular complexity index is 303. The molecule has 0 atom stereocenters. The average molecular weight is 547 g/mol.